The van der Waals surface area contributed by atoms with Crippen molar-refractivity contribution in [2.24, 2.45) is 11.8 Å². The van der Waals surface area contributed by atoms with Crippen LogP contribution in [0.3, 0.4) is 0 Å². The summed E-state index contributed by atoms with van der Waals surface area (Å²) in [4.78, 5) is 24.7. The molecule has 0 spiro atoms. The van der Waals surface area contributed by atoms with Crippen LogP contribution in [0.5, 0.6) is 0 Å². The molecule has 6 atom stereocenters. The largest absolute Gasteiger partial charge is 0.454 e. The van der Waals surface area contributed by atoms with Crippen LogP contribution in [-0.4, -0.2) is 46.1 Å². The zero-order valence-corrected chi connectivity index (χ0v) is 15.4. The Bertz CT molecular complexity index is 705. The third-order valence-electron chi connectivity index (χ3n) is 5.59. The van der Waals surface area contributed by atoms with E-state index in [9.17, 15) is 19.8 Å². The Morgan fingerprint density at radius 3 is 2.69 bits per heavy atom. The van der Waals surface area contributed by atoms with E-state index in [1.54, 1.807) is 19.9 Å². The minimum absolute atomic E-state index is 0.0268. The highest BCUT2D eigenvalue weighted by Gasteiger charge is 2.54. The van der Waals surface area contributed by atoms with E-state index < -0.39 is 41.9 Å². The van der Waals surface area contributed by atoms with E-state index in [0.29, 0.717) is 24.0 Å². The van der Waals surface area contributed by atoms with Gasteiger partial charge in [-0.05, 0) is 32.4 Å². The molecule has 1 fully saturated rings. The first-order valence-electron chi connectivity index (χ1n) is 8.98. The summed E-state index contributed by atoms with van der Waals surface area (Å²) in [6, 6.07) is 0. The van der Waals surface area contributed by atoms with E-state index in [-0.39, 0.29) is 12.2 Å². The molecule has 6 nitrogen and oxygen atoms in total. The normalized spacial score (nSPS) is 42.7. The molecule has 6 heteroatoms. The van der Waals surface area contributed by atoms with Gasteiger partial charge in [0.2, 0.25) is 0 Å². The maximum absolute atomic E-state index is 12.3. The van der Waals surface area contributed by atoms with Crippen LogP contribution in [0.25, 0.3) is 0 Å². The summed E-state index contributed by atoms with van der Waals surface area (Å²) in [7, 11) is 0. The first-order chi connectivity index (χ1) is 12.1. The van der Waals surface area contributed by atoms with Gasteiger partial charge in [-0.3, -0.25) is 4.79 Å². The van der Waals surface area contributed by atoms with Gasteiger partial charge in [-0.2, -0.15) is 0 Å². The Labute approximate surface area is 153 Å². The van der Waals surface area contributed by atoms with Gasteiger partial charge in [-0.15, -0.1) is 0 Å². The predicted molar refractivity (Wildman–Crippen MR) is 93.9 cm³/mol. The number of carbonyl (C=O) groups excluding carboxylic acids is 2. The molecule has 0 aliphatic carbocycles. The summed E-state index contributed by atoms with van der Waals surface area (Å²) >= 11 is 0. The topological polar surface area (TPSA) is 93.1 Å². The van der Waals surface area contributed by atoms with E-state index in [0.717, 1.165) is 5.57 Å². The number of fused-ring (bicyclic) bond motifs is 4. The van der Waals surface area contributed by atoms with Crippen LogP contribution in [-0.2, 0) is 19.1 Å². The summed E-state index contributed by atoms with van der Waals surface area (Å²) in [6.45, 7) is 9.15. The number of ether oxygens (including phenoxy) is 2. The number of aliphatic hydroxyl groups is 2. The van der Waals surface area contributed by atoms with Crippen LogP contribution in [0.2, 0.25) is 0 Å². The second-order valence-electron chi connectivity index (χ2n) is 7.82. The fraction of sp³-hybridized carbons (Fsp3) is 0.600. The molecular weight excluding hydrogens is 336 g/mol. The molecule has 2 N–H and O–H groups in total. The van der Waals surface area contributed by atoms with Gasteiger partial charge >= 0.3 is 5.97 Å². The fourth-order valence-electron chi connectivity index (χ4n) is 4.07. The van der Waals surface area contributed by atoms with Crippen molar-refractivity contribution in [1.29, 1.82) is 0 Å². The minimum atomic E-state index is -1.96. The van der Waals surface area contributed by atoms with Gasteiger partial charge in [0.05, 0.1) is 11.7 Å². The fourth-order valence-corrected chi connectivity index (χ4v) is 4.07. The summed E-state index contributed by atoms with van der Waals surface area (Å²) in [6.07, 6.45) is 1.59. The van der Waals surface area contributed by atoms with Gasteiger partial charge < -0.3 is 19.7 Å². The molecular formula is C20H26O6. The highest BCUT2D eigenvalue weighted by atomic mass is 16.6. The lowest BCUT2D eigenvalue weighted by Gasteiger charge is -2.48. The van der Waals surface area contributed by atoms with Crippen LogP contribution in [0.15, 0.2) is 35.5 Å². The van der Waals surface area contributed by atoms with E-state index in [2.05, 4.69) is 6.58 Å². The minimum Gasteiger partial charge on any atom is -0.454 e. The maximum atomic E-state index is 12.3. The van der Waals surface area contributed by atoms with E-state index in [4.69, 9.17) is 9.47 Å². The molecule has 0 aromatic rings. The lowest BCUT2D eigenvalue weighted by Crippen LogP contribution is -2.60. The summed E-state index contributed by atoms with van der Waals surface area (Å²) in [5, 5.41) is 21.9. The number of rotatable bonds is 1. The molecule has 3 aliphatic heterocycles. The molecule has 0 aromatic carbocycles. The third kappa shape index (κ3) is 3.29. The van der Waals surface area contributed by atoms with Crippen LogP contribution < -0.4 is 0 Å². The molecule has 26 heavy (non-hydrogen) atoms. The quantitative estimate of drug-likeness (QED) is 0.546. The van der Waals surface area contributed by atoms with E-state index >= 15 is 0 Å². The van der Waals surface area contributed by atoms with Gasteiger partial charge in [-0.1, -0.05) is 24.6 Å². The van der Waals surface area contributed by atoms with E-state index in [1.165, 1.54) is 6.08 Å². The Morgan fingerprint density at radius 1 is 1.35 bits per heavy atom. The monoisotopic (exact) mass is 362 g/mol. The van der Waals surface area contributed by atoms with Crippen molar-refractivity contribution in [3.05, 3.63) is 35.5 Å². The Morgan fingerprint density at radius 2 is 2.04 bits per heavy atom. The second kappa shape index (κ2) is 6.76. The van der Waals surface area contributed by atoms with Gasteiger partial charge in [0.25, 0.3) is 0 Å². The summed E-state index contributed by atoms with van der Waals surface area (Å²) < 4.78 is 11.2. The van der Waals surface area contributed by atoms with Crippen LogP contribution in [0.1, 0.15) is 40.0 Å². The van der Waals surface area contributed by atoms with Crippen molar-refractivity contribution in [2.45, 2.75) is 64.1 Å². The Hall–Kier alpha value is -1.76. The highest BCUT2D eigenvalue weighted by Crippen LogP contribution is 2.43. The molecule has 0 aromatic heterocycles. The molecule has 3 heterocycles. The maximum Gasteiger partial charge on any atom is 0.337 e. The van der Waals surface area contributed by atoms with Gasteiger partial charge in [0, 0.05) is 24.7 Å². The van der Waals surface area contributed by atoms with Crippen LogP contribution >= 0.6 is 0 Å². The zero-order chi connectivity index (χ0) is 19.2. The molecule has 3 rings (SSSR count). The molecule has 0 saturated carbocycles. The Kier molecular flexibility index (Phi) is 4.94. The lowest BCUT2D eigenvalue weighted by atomic mass is 9.76. The molecule has 3 aliphatic rings. The van der Waals surface area contributed by atoms with Crippen molar-refractivity contribution in [3.63, 3.8) is 0 Å². The smallest absolute Gasteiger partial charge is 0.337 e. The number of hydrogen-bond donors (Lipinski definition) is 2. The SMILES string of the molecule is C=C(C)[C@@H]1C[C@@H]2O[C@@](O)([C@@H](C)CC(=O)/C=C(/C)C[C@H]3C=C2C(=O)O3)[C@H]1O. The second-order valence-corrected chi connectivity index (χ2v) is 7.82. The van der Waals surface area contributed by atoms with Gasteiger partial charge in [0.15, 0.2) is 11.6 Å². The molecule has 0 amide bonds. The van der Waals surface area contributed by atoms with Gasteiger partial charge in [-0.25, -0.2) is 4.79 Å². The molecule has 0 radical (unpaired) electrons. The number of aliphatic hydroxyl groups excluding tert-OH is 1. The first-order valence-corrected chi connectivity index (χ1v) is 8.98. The standard InChI is InChI=1S/C20H26O6/c1-10(2)15-9-17-16-8-14(25-19(16)23)6-11(3)5-13(21)7-12(4)20(24,26-17)18(15)22/h5,8,12,14-15,17-18,22,24H,1,6-7,9H2,2-4H3/b11-5-/t12-,14-,15-,17-,18-,20-/m0/s1. The van der Waals surface area contributed by atoms with E-state index in [1.807, 2.05) is 6.92 Å². The number of carbonyl (C=O) groups is 2. The average Bonchev–Trinajstić information content (AvgIpc) is 2.88. The Balaban J connectivity index is 2.07. The summed E-state index contributed by atoms with van der Waals surface area (Å²) in [5.41, 5.74) is 1.85. The number of ketones is 1. The van der Waals surface area contributed by atoms with Crippen molar-refractivity contribution < 1.29 is 29.3 Å². The van der Waals surface area contributed by atoms with Crippen molar-refractivity contribution >= 4 is 11.8 Å². The first kappa shape index (κ1) is 19.0. The van der Waals surface area contributed by atoms with Gasteiger partial charge in [0.1, 0.15) is 12.2 Å². The highest BCUT2D eigenvalue weighted by molar-refractivity contribution is 5.92. The van der Waals surface area contributed by atoms with Crippen molar-refractivity contribution in [2.75, 3.05) is 0 Å². The molecule has 4 bridgehead atoms. The van der Waals surface area contributed by atoms with Crippen molar-refractivity contribution in [1.82, 2.24) is 0 Å². The molecule has 142 valence electrons. The predicted octanol–water partition coefficient (Wildman–Crippen LogP) is 1.81. The number of hydrogen-bond acceptors (Lipinski definition) is 6. The van der Waals surface area contributed by atoms with Crippen molar-refractivity contribution in [3.8, 4) is 0 Å². The summed E-state index contributed by atoms with van der Waals surface area (Å²) in [5.74, 6) is -3.72. The average molecular weight is 362 g/mol. The molecule has 1 saturated heterocycles. The van der Waals surface area contributed by atoms with Crippen LogP contribution in [0, 0.1) is 11.8 Å². The zero-order valence-electron chi connectivity index (χ0n) is 15.4. The lowest BCUT2D eigenvalue weighted by molar-refractivity contribution is -0.325. The van der Waals surface area contributed by atoms with Crippen LogP contribution in [0.4, 0.5) is 0 Å². The number of esters is 1. The third-order valence-corrected chi connectivity index (χ3v) is 5.59. The molecule has 0 unspecified atom stereocenters. The number of allylic oxidation sites excluding steroid dienone is 1.